The van der Waals surface area contributed by atoms with Crippen LogP contribution in [0.2, 0.25) is 5.02 Å². The van der Waals surface area contributed by atoms with Crippen LogP contribution in [0.4, 0.5) is 17.6 Å². The van der Waals surface area contributed by atoms with Gasteiger partial charge in [-0.3, -0.25) is 0 Å². The number of aromatic nitrogens is 5. The number of aliphatic hydroxyl groups is 1. The Morgan fingerprint density at radius 2 is 2.23 bits per heavy atom. The largest absolute Gasteiger partial charge is 0.497 e. The van der Waals surface area contributed by atoms with E-state index in [0.29, 0.717) is 28.4 Å². The summed E-state index contributed by atoms with van der Waals surface area (Å²) in [6.45, 7) is 0.909. The van der Waals surface area contributed by atoms with Gasteiger partial charge in [-0.05, 0) is 37.1 Å². The molecule has 0 spiro atoms. The molecule has 0 bridgehead atoms. The highest BCUT2D eigenvalue weighted by Crippen LogP contribution is 2.28. The first-order valence-electron chi connectivity index (χ1n) is 10.0. The van der Waals surface area contributed by atoms with E-state index >= 15 is 0 Å². The van der Waals surface area contributed by atoms with E-state index in [1.165, 1.54) is 0 Å². The number of hydrogen-bond acceptors (Lipinski definition) is 7. The Kier molecular flexibility index (Phi) is 5.13. The van der Waals surface area contributed by atoms with Gasteiger partial charge in [0.15, 0.2) is 5.82 Å². The minimum Gasteiger partial charge on any atom is -0.497 e. The van der Waals surface area contributed by atoms with Crippen molar-refractivity contribution in [2.24, 2.45) is 0 Å². The molecule has 4 heterocycles. The van der Waals surface area contributed by atoms with Crippen LogP contribution in [0.25, 0.3) is 11.2 Å². The summed E-state index contributed by atoms with van der Waals surface area (Å²) in [7, 11) is 1.60. The van der Waals surface area contributed by atoms with Gasteiger partial charge in [0, 0.05) is 23.8 Å². The van der Waals surface area contributed by atoms with E-state index in [2.05, 4.69) is 20.3 Å². The second kappa shape index (κ2) is 8.09. The number of aliphatic hydroxyl groups excluding tert-OH is 1. The lowest BCUT2D eigenvalue weighted by Crippen LogP contribution is -2.34. The Bertz CT molecular complexity index is 1220. The van der Waals surface area contributed by atoms with Crippen LogP contribution in [-0.2, 0) is 0 Å². The van der Waals surface area contributed by atoms with Crippen LogP contribution < -0.4 is 15.0 Å². The summed E-state index contributed by atoms with van der Waals surface area (Å²) in [6.07, 6.45) is 7.38. The second-order valence-corrected chi connectivity index (χ2v) is 7.85. The van der Waals surface area contributed by atoms with Crippen LogP contribution >= 0.6 is 11.6 Å². The van der Waals surface area contributed by atoms with Crippen molar-refractivity contribution in [1.82, 2.24) is 24.1 Å². The molecule has 1 aliphatic rings. The van der Waals surface area contributed by atoms with E-state index in [1.807, 2.05) is 41.2 Å². The molecule has 10 heteroatoms. The Labute approximate surface area is 183 Å². The number of rotatable bonds is 6. The molecule has 1 fully saturated rings. The molecule has 4 aromatic rings. The molecule has 1 unspecified atom stereocenters. The second-order valence-electron chi connectivity index (χ2n) is 7.41. The van der Waals surface area contributed by atoms with Crippen molar-refractivity contribution in [1.29, 1.82) is 0 Å². The SMILES string of the molecule is COc1cc(Cl)cc(-n2cnc(Nc3nc(N4CCCC4CO)nn4cccc34)c2)c1. The standard InChI is InChI=1S/C21H22ClN7O2/c1-31-17-9-14(22)8-16(10-17)27-11-19(23-13-27)24-20-18-5-3-7-29(18)26-21(25-20)28-6-2-4-15(28)12-30/h3,5,7-11,13,15,30H,2,4,6,12H2,1H3,(H,24,25,26). The van der Waals surface area contributed by atoms with Gasteiger partial charge in [0.2, 0.25) is 5.95 Å². The molecule has 1 atom stereocenters. The van der Waals surface area contributed by atoms with Gasteiger partial charge in [0.25, 0.3) is 0 Å². The quantitative estimate of drug-likeness (QED) is 0.476. The molecular weight excluding hydrogens is 418 g/mol. The number of halogens is 1. The number of fused-ring (bicyclic) bond motifs is 1. The third kappa shape index (κ3) is 3.77. The van der Waals surface area contributed by atoms with Gasteiger partial charge in [0.1, 0.15) is 23.4 Å². The molecule has 9 nitrogen and oxygen atoms in total. The maximum Gasteiger partial charge on any atom is 0.245 e. The van der Waals surface area contributed by atoms with Gasteiger partial charge in [-0.15, -0.1) is 5.10 Å². The molecule has 31 heavy (non-hydrogen) atoms. The lowest BCUT2D eigenvalue weighted by molar-refractivity contribution is 0.265. The number of anilines is 3. The summed E-state index contributed by atoms with van der Waals surface area (Å²) in [5, 5.41) is 18.2. The summed E-state index contributed by atoms with van der Waals surface area (Å²) in [6, 6.07) is 9.38. The smallest absolute Gasteiger partial charge is 0.245 e. The van der Waals surface area contributed by atoms with Gasteiger partial charge in [-0.1, -0.05) is 11.6 Å². The molecular formula is C21H22ClN7O2. The molecule has 160 valence electrons. The Morgan fingerprint density at radius 1 is 1.32 bits per heavy atom. The van der Waals surface area contributed by atoms with Crippen LogP contribution in [-0.4, -0.2) is 55.6 Å². The number of hydrogen-bond donors (Lipinski definition) is 2. The zero-order chi connectivity index (χ0) is 21.4. The third-order valence-corrected chi connectivity index (χ3v) is 5.66. The molecule has 1 saturated heterocycles. The van der Waals surface area contributed by atoms with E-state index in [4.69, 9.17) is 21.3 Å². The number of nitrogens with one attached hydrogen (secondary N) is 1. The molecule has 0 saturated carbocycles. The van der Waals surface area contributed by atoms with Crippen molar-refractivity contribution in [2.45, 2.75) is 18.9 Å². The molecule has 1 aliphatic heterocycles. The zero-order valence-electron chi connectivity index (χ0n) is 16.9. The molecule has 1 aromatic carbocycles. The van der Waals surface area contributed by atoms with Crippen LogP contribution in [0.1, 0.15) is 12.8 Å². The van der Waals surface area contributed by atoms with Gasteiger partial charge < -0.3 is 24.6 Å². The van der Waals surface area contributed by atoms with Crippen molar-refractivity contribution in [2.75, 3.05) is 30.5 Å². The van der Waals surface area contributed by atoms with E-state index in [-0.39, 0.29) is 12.6 Å². The normalized spacial score (nSPS) is 16.2. The molecule has 2 N–H and O–H groups in total. The summed E-state index contributed by atoms with van der Waals surface area (Å²) >= 11 is 6.20. The van der Waals surface area contributed by atoms with Gasteiger partial charge in [-0.2, -0.15) is 4.98 Å². The maximum atomic E-state index is 9.69. The van der Waals surface area contributed by atoms with E-state index in [9.17, 15) is 5.11 Å². The average Bonchev–Trinajstić information content (AvgIpc) is 3.53. The number of benzene rings is 1. The first kappa shape index (κ1) is 19.7. The van der Waals surface area contributed by atoms with Crippen molar-refractivity contribution < 1.29 is 9.84 Å². The maximum absolute atomic E-state index is 9.69. The van der Waals surface area contributed by atoms with Crippen molar-refractivity contribution in [3.05, 3.63) is 54.1 Å². The molecule has 5 rings (SSSR count). The Morgan fingerprint density at radius 3 is 3.06 bits per heavy atom. The zero-order valence-corrected chi connectivity index (χ0v) is 17.7. The summed E-state index contributed by atoms with van der Waals surface area (Å²) in [5.74, 6) is 2.53. The average molecular weight is 440 g/mol. The highest BCUT2D eigenvalue weighted by molar-refractivity contribution is 6.30. The van der Waals surface area contributed by atoms with Gasteiger partial charge in [-0.25, -0.2) is 9.50 Å². The summed E-state index contributed by atoms with van der Waals surface area (Å²) in [5.41, 5.74) is 1.67. The predicted octanol–water partition coefficient (Wildman–Crippen LogP) is 3.28. The van der Waals surface area contributed by atoms with Gasteiger partial charge in [0.05, 0.1) is 31.6 Å². The fraction of sp³-hybridized carbons (Fsp3) is 0.286. The van der Waals surface area contributed by atoms with Crippen LogP contribution in [0, 0.1) is 0 Å². The molecule has 0 aliphatic carbocycles. The van der Waals surface area contributed by atoms with Crippen LogP contribution in [0.3, 0.4) is 0 Å². The summed E-state index contributed by atoms with van der Waals surface area (Å²) < 4.78 is 8.95. The predicted molar refractivity (Wildman–Crippen MR) is 119 cm³/mol. The minimum atomic E-state index is 0.0397. The van der Waals surface area contributed by atoms with Crippen molar-refractivity contribution in [3.63, 3.8) is 0 Å². The molecule has 0 radical (unpaired) electrons. The fourth-order valence-corrected chi connectivity index (χ4v) is 4.11. The first-order chi connectivity index (χ1) is 15.1. The fourth-order valence-electron chi connectivity index (χ4n) is 3.89. The number of nitrogens with zero attached hydrogens (tertiary/aromatic N) is 6. The molecule has 3 aromatic heterocycles. The van der Waals surface area contributed by atoms with Crippen LogP contribution in [0.15, 0.2) is 49.1 Å². The third-order valence-electron chi connectivity index (χ3n) is 5.44. The highest BCUT2D eigenvalue weighted by atomic mass is 35.5. The Balaban J connectivity index is 1.47. The topological polar surface area (TPSA) is 92.7 Å². The number of methoxy groups -OCH3 is 1. The Hall–Kier alpha value is -3.30. The molecule has 0 amide bonds. The van der Waals surface area contributed by atoms with Gasteiger partial charge >= 0.3 is 0 Å². The highest BCUT2D eigenvalue weighted by Gasteiger charge is 2.27. The van der Waals surface area contributed by atoms with E-state index in [0.717, 1.165) is 30.6 Å². The van der Waals surface area contributed by atoms with E-state index in [1.54, 1.807) is 24.0 Å². The number of imidazole rings is 1. The first-order valence-corrected chi connectivity index (χ1v) is 10.4. The van der Waals surface area contributed by atoms with Crippen molar-refractivity contribution in [3.8, 4) is 11.4 Å². The lowest BCUT2D eigenvalue weighted by atomic mass is 10.2. The van der Waals surface area contributed by atoms with E-state index < -0.39 is 0 Å². The summed E-state index contributed by atoms with van der Waals surface area (Å²) in [4.78, 5) is 11.3. The lowest BCUT2D eigenvalue weighted by Gasteiger charge is -2.23. The number of ether oxygens (including phenoxy) is 1. The van der Waals surface area contributed by atoms with Crippen LogP contribution in [0.5, 0.6) is 5.75 Å². The monoisotopic (exact) mass is 439 g/mol. The van der Waals surface area contributed by atoms with Crippen molar-refractivity contribution >= 4 is 34.7 Å². The minimum absolute atomic E-state index is 0.0397.